The van der Waals surface area contributed by atoms with Gasteiger partial charge >= 0.3 is 6.18 Å². The zero-order chi connectivity index (χ0) is 15.2. The number of carbonyl (C=O) groups is 2. The molecule has 0 rings (SSSR count). The predicted molar refractivity (Wildman–Crippen MR) is 64.1 cm³/mol. The van der Waals surface area contributed by atoms with Crippen LogP contribution in [0.4, 0.5) is 13.2 Å². The van der Waals surface area contributed by atoms with E-state index >= 15 is 0 Å². The van der Waals surface area contributed by atoms with Gasteiger partial charge in [-0.15, -0.1) is 0 Å². The molecule has 0 aromatic heterocycles. The predicted octanol–water partition coefficient (Wildman–Crippen LogP) is 0.497. The van der Waals surface area contributed by atoms with Crippen LogP contribution >= 0.6 is 0 Å². The summed E-state index contributed by atoms with van der Waals surface area (Å²) in [7, 11) is 1.33. The molecule has 0 aliphatic heterocycles. The van der Waals surface area contributed by atoms with Crippen LogP contribution in [-0.2, 0) is 9.59 Å². The fourth-order valence-corrected chi connectivity index (χ4v) is 1.30. The summed E-state index contributed by atoms with van der Waals surface area (Å²) in [4.78, 5) is 24.0. The van der Waals surface area contributed by atoms with Crippen LogP contribution in [0.15, 0.2) is 0 Å². The number of hydrogen-bond donors (Lipinski definition) is 2. The zero-order valence-corrected chi connectivity index (χ0v) is 11.3. The Kier molecular flexibility index (Phi) is 6.82. The fraction of sp³-hybridized carbons (Fsp3) is 0.818. The Labute approximate surface area is 110 Å². The second-order valence-corrected chi connectivity index (χ2v) is 4.50. The van der Waals surface area contributed by atoms with E-state index in [0.717, 1.165) is 4.90 Å². The van der Waals surface area contributed by atoms with Crippen molar-refractivity contribution in [3.05, 3.63) is 0 Å². The largest absolute Gasteiger partial charge is 0.405 e. The number of nitrogens with two attached hydrogens (primary N) is 1. The van der Waals surface area contributed by atoms with Crippen molar-refractivity contribution < 1.29 is 22.8 Å². The minimum Gasteiger partial charge on any atom is -0.345 e. The van der Waals surface area contributed by atoms with Crippen molar-refractivity contribution in [2.24, 2.45) is 11.7 Å². The fourth-order valence-electron chi connectivity index (χ4n) is 1.30. The molecule has 0 unspecified atom stereocenters. The Morgan fingerprint density at radius 1 is 1.37 bits per heavy atom. The quantitative estimate of drug-likeness (QED) is 0.745. The number of nitrogens with zero attached hydrogens (tertiary/aromatic N) is 1. The Morgan fingerprint density at radius 3 is 2.32 bits per heavy atom. The van der Waals surface area contributed by atoms with Crippen molar-refractivity contribution in [3.8, 4) is 0 Å². The molecule has 0 saturated carbocycles. The summed E-state index contributed by atoms with van der Waals surface area (Å²) in [6, 6.07) is -0.759. The molecule has 3 N–H and O–H groups in total. The Hall–Kier alpha value is -1.31. The minimum atomic E-state index is -4.47. The van der Waals surface area contributed by atoms with Crippen LogP contribution in [-0.4, -0.2) is 49.1 Å². The van der Waals surface area contributed by atoms with Crippen LogP contribution in [0.25, 0.3) is 0 Å². The maximum Gasteiger partial charge on any atom is 0.405 e. The highest BCUT2D eigenvalue weighted by Crippen LogP contribution is 2.12. The van der Waals surface area contributed by atoms with Crippen LogP contribution in [0.3, 0.4) is 0 Å². The second kappa shape index (κ2) is 7.32. The molecule has 8 heteroatoms. The molecule has 112 valence electrons. The number of halogens is 3. The van der Waals surface area contributed by atoms with E-state index in [0.29, 0.717) is 6.42 Å². The number of carbonyl (C=O) groups excluding carboxylic acids is 2. The molecular formula is C11H20F3N3O2. The third kappa shape index (κ3) is 7.00. The molecule has 19 heavy (non-hydrogen) atoms. The lowest BCUT2D eigenvalue weighted by Gasteiger charge is -2.24. The van der Waals surface area contributed by atoms with Crippen molar-refractivity contribution in [3.63, 3.8) is 0 Å². The number of nitrogens with one attached hydrogen (secondary N) is 1. The van der Waals surface area contributed by atoms with Crippen molar-refractivity contribution in [2.45, 2.75) is 32.5 Å². The monoisotopic (exact) mass is 283 g/mol. The average molecular weight is 283 g/mol. The molecule has 0 aromatic carbocycles. The standard InChI is InChI=1S/C11H20F3N3O2/c1-4-7(2)9(15)10(19)17(3)5-8(18)16-6-11(12,13)14/h7,9H,4-6,15H2,1-3H3,(H,16,18)/t7-,9-/m0/s1. The zero-order valence-electron chi connectivity index (χ0n) is 11.3. The average Bonchev–Trinajstić information content (AvgIpc) is 2.32. The van der Waals surface area contributed by atoms with Gasteiger partial charge in [0.2, 0.25) is 11.8 Å². The maximum atomic E-state index is 11.9. The lowest BCUT2D eigenvalue weighted by Crippen LogP contribution is -2.49. The summed E-state index contributed by atoms with van der Waals surface area (Å²) in [6.07, 6.45) is -3.77. The first kappa shape index (κ1) is 17.7. The Bertz CT molecular complexity index is 321. The van der Waals surface area contributed by atoms with E-state index in [-0.39, 0.29) is 5.92 Å². The molecule has 0 saturated heterocycles. The Balaban J connectivity index is 4.26. The van der Waals surface area contributed by atoms with Gasteiger partial charge in [-0.25, -0.2) is 0 Å². The maximum absolute atomic E-state index is 11.9. The molecule has 0 aromatic rings. The number of alkyl halides is 3. The van der Waals surface area contributed by atoms with Gasteiger partial charge in [0.1, 0.15) is 6.54 Å². The number of rotatable bonds is 6. The van der Waals surface area contributed by atoms with E-state index in [2.05, 4.69) is 0 Å². The van der Waals surface area contributed by atoms with E-state index in [4.69, 9.17) is 5.73 Å². The number of amides is 2. The summed E-state index contributed by atoms with van der Waals surface area (Å²) < 4.78 is 35.6. The smallest absolute Gasteiger partial charge is 0.345 e. The van der Waals surface area contributed by atoms with E-state index in [1.54, 1.807) is 12.2 Å². The van der Waals surface area contributed by atoms with Crippen molar-refractivity contribution >= 4 is 11.8 Å². The highest BCUT2D eigenvalue weighted by Gasteiger charge is 2.29. The third-order valence-corrected chi connectivity index (χ3v) is 2.79. The molecule has 5 nitrogen and oxygen atoms in total. The van der Waals surface area contributed by atoms with Crippen LogP contribution in [0, 0.1) is 5.92 Å². The SMILES string of the molecule is CC[C@H](C)[C@H](N)C(=O)N(C)CC(=O)NCC(F)(F)F. The van der Waals surface area contributed by atoms with Crippen LogP contribution in [0.1, 0.15) is 20.3 Å². The van der Waals surface area contributed by atoms with Gasteiger partial charge in [0.15, 0.2) is 0 Å². The summed E-state index contributed by atoms with van der Waals surface area (Å²) in [6.45, 7) is 1.80. The minimum absolute atomic E-state index is 0.0619. The van der Waals surface area contributed by atoms with Crippen molar-refractivity contribution in [1.29, 1.82) is 0 Å². The molecule has 0 aliphatic carbocycles. The van der Waals surface area contributed by atoms with E-state index < -0.39 is 37.1 Å². The van der Waals surface area contributed by atoms with E-state index in [1.807, 2.05) is 6.92 Å². The molecule has 0 bridgehead atoms. The summed E-state index contributed by atoms with van der Waals surface area (Å²) in [5.74, 6) is -1.39. The van der Waals surface area contributed by atoms with E-state index in [9.17, 15) is 22.8 Å². The van der Waals surface area contributed by atoms with Gasteiger partial charge in [-0.1, -0.05) is 20.3 Å². The topological polar surface area (TPSA) is 75.4 Å². The van der Waals surface area contributed by atoms with Gasteiger partial charge in [-0.3, -0.25) is 9.59 Å². The van der Waals surface area contributed by atoms with E-state index in [1.165, 1.54) is 7.05 Å². The summed E-state index contributed by atoms with van der Waals surface area (Å²) >= 11 is 0. The van der Waals surface area contributed by atoms with Gasteiger partial charge in [0, 0.05) is 7.05 Å². The first-order valence-electron chi connectivity index (χ1n) is 5.92. The van der Waals surface area contributed by atoms with Gasteiger partial charge in [-0.2, -0.15) is 13.2 Å². The van der Waals surface area contributed by atoms with Gasteiger partial charge in [0.05, 0.1) is 12.6 Å². The first-order chi connectivity index (χ1) is 8.58. The van der Waals surface area contributed by atoms with Gasteiger partial charge in [-0.05, 0) is 5.92 Å². The van der Waals surface area contributed by atoms with Gasteiger partial charge in [0.25, 0.3) is 0 Å². The normalized spacial score (nSPS) is 14.7. The van der Waals surface area contributed by atoms with Crippen molar-refractivity contribution in [1.82, 2.24) is 10.2 Å². The molecule has 0 radical (unpaired) electrons. The number of likely N-dealkylation sites (N-methyl/N-ethyl adjacent to an activating group) is 1. The highest BCUT2D eigenvalue weighted by atomic mass is 19.4. The Morgan fingerprint density at radius 2 is 1.89 bits per heavy atom. The molecule has 0 fully saturated rings. The second-order valence-electron chi connectivity index (χ2n) is 4.50. The lowest BCUT2D eigenvalue weighted by molar-refractivity contribution is -0.142. The lowest BCUT2D eigenvalue weighted by atomic mass is 9.99. The molecule has 0 aliphatic rings. The number of hydrogen-bond acceptors (Lipinski definition) is 3. The van der Waals surface area contributed by atoms with Crippen molar-refractivity contribution in [2.75, 3.05) is 20.1 Å². The van der Waals surface area contributed by atoms with Crippen LogP contribution in [0.5, 0.6) is 0 Å². The molecule has 0 heterocycles. The molecule has 0 spiro atoms. The third-order valence-electron chi connectivity index (χ3n) is 2.79. The van der Waals surface area contributed by atoms with Crippen LogP contribution in [0.2, 0.25) is 0 Å². The molecule has 2 atom stereocenters. The summed E-state index contributed by atoms with van der Waals surface area (Å²) in [5, 5.41) is 1.69. The first-order valence-corrected chi connectivity index (χ1v) is 5.92. The van der Waals surface area contributed by atoms with Crippen LogP contribution < -0.4 is 11.1 Å². The highest BCUT2D eigenvalue weighted by molar-refractivity contribution is 5.87. The molecular weight excluding hydrogens is 263 g/mol. The summed E-state index contributed by atoms with van der Waals surface area (Å²) in [5.41, 5.74) is 5.69. The molecule has 2 amide bonds. The van der Waals surface area contributed by atoms with Gasteiger partial charge < -0.3 is 16.0 Å².